The molecule has 1 unspecified atom stereocenters. The van der Waals surface area contributed by atoms with E-state index in [1.54, 1.807) is 0 Å². The van der Waals surface area contributed by atoms with Gasteiger partial charge in [0.25, 0.3) is 0 Å². The molecule has 2 radical (unpaired) electrons. The summed E-state index contributed by atoms with van der Waals surface area (Å²) >= 11 is 2.61. The van der Waals surface area contributed by atoms with Crippen LogP contribution in [0.2, 0.25) is 4.71 Å². The second kappa shape index (κ2) is 6.47. The summed E-state index contributed by atoms with van der Waals surface area (Å²) < 4.78 is 6.28. The van der Waals surface area contributed by atoms with Crippen LogP contribution in [0, 0.1) is 0 Å². The summed E-state index contributed by atoms with van der Waals surface area (Å²) in [7, 11) is 0. The van der Waals surface area contributed by atoms with Gasteiger partial charge in [-0.15, -0.1) is 0 Å². The molecule has 0 N–H and O–H groups in total. The normalized spacial score (nSPS) is 12.6. The first-order chi connectivity index (χ1) is 8.74. The van der Waals surface area contributed by atoms with E-state index >= 15 is 0 Å². The van der Waals surface area contributed by atoms with Crippen LogP contribution in [0.15, 0.2) is 60.7 Å². The van der Waals surface area contributed by atoms with Crippen LogP contribution in [0.4, 0.5) is 0 Å². The van der Waals surface area contributed by atoms with E-state index in [-0.39, 0.29) is 0 Å². The Hall–Kier alpha value is -1.46. The molecular weight excluding hydrogens is 283 g/mol. The Bertz CT molecular complexity index is 518. The number of rotatable bonds is 4. The standard InChI is InChI=1S/C16H15AsO/c1-13(17)10-11-14-6-5-9-16(12-14)18-15-7-3-2-4-8-15/h2-13H,1H3. The van der Waals surface area contributed by atoms with Gasteiger partial charge < -0.3 is 0 Å². The van der Waals surface area contributed by atoms with Gasteiger partial charge in [-0.1, -0.05) is 0 Å². The summed E-state index contributed by atoms with van der Waals surface area (Å²) in [5, 5.41) is 0. The van der Waals surface area contributed by atoms with Crippen LogP contribution in [-0.2, 0) is 0 Å². The maximum absolute atomic E-state index is 5.79. The predicted octanol–water partition coefficient (Wildman–Crippen LogP) is 4.47. The molecule has 2 aromatic rings. The van der Waals surface area contributed by atoms with E-state index in [4.69, 9.17) is 4.74 Å². The molecule has 0 amide bonds. The fourth-order valence-electron chi connectivity index (χ4n) is 1.56. The molecule has 1 nitrogen and oxygen atoms in total. The number of benzene rings is 2. The number of hydrogen-bond donors (Lipinski definition) is 0. The van der Waals surface area contributed by atoms with Crippen molar-refractivity contribution in [2.75, 3.05) is 0 Å². The van der Waals surface area contributed by atoms with E-state index in [0.717, 1.165) is 17.1 Å². The van der Waals surface area contributed by atoms with Gasteiger partial charge in [-0.05, 0) is 0 Å². The molecule has 0 saturated heterocycles. The third kappa shape index (κ3) is 4.09. The summed E-state index contributed by atoms with van der Waals surface area (Å²) in [6, 6.07) is 17.9. The van der Waals surface area contributed by atoms with E-state index in [0.29, 0.717) is 4.71 Å². The molecular formula is C16H15AsO. The first-order valence-corrected chi connectivity index (χ1v) is 7.01. The quantitative estimate of drug-likeness (QED) is 0.757. The van der Waals surface area contributed by atoms with Gasteiger partial charge in [0, 0.05) is 0 Å². The van der Waals surface area contributed by atoms with Crippen molar-refractivity contribution in [3.05, 3.63) is 66.2 Å². The molecule has 0 fully saturated rings. The van der Waals surface area contributed by atoms with Crippen molar-refractivity contribution in [1.82, 2.24) is 0 Å². The van der Waals surface area contributed by atoms with Crippen LogP contribution in [0.3, 0.4) is 0 Å². The third-order valence-electron chi connectivity index (χ3n) is 2.40. The molecule has 0 saturated carbocycles. The average Bonchev–Trinajstić information content (AvgIpc) is 2.38. The summed E-state index contributed by atoms with van der Waals surface area (Å²) in [6.45, 7) is 2.14. The summed E-state index contributed by atoms with van der Waals surface area (Å²) in [4.78, 5) is 0. The van der Waals surface area contributed by atoms with Crippen LogP contribution < -0.4 is 4.74 Å². The van der Waals surface area contributed by atoms with Crippen molar-refractivity contribution < 1.29 is 4.74 Å². The molecule has 18 heavy (non-hydrogen) atoms. The van der Waals surface area contributed by atoms with Crippen LogP contribution >= 0.6 is 0 Å². The number of para-hydroxylation sites is 1. The molecule has 0 heterocycles. The summed E-state index contributed by atoms with van der Waals surface area (Å²) in [6.07, 6.45) is 4.27. The molecule has 0 aromatic heterocycles. The van der Waals surface area contributed by atoms with Crippen LogP contribution in [0.5, 0.6) is 11.5 Å². The Labute approximate surface area is 117 Å². The van der Waals surface area contributed by atoms with E-state index < -0.39 is 0 Å². The zero-order valence-electron chi connectivity index (χ0n) is 10.3. The summed E-state index contributed by atoms with van der Waals surface area (Å²) in [5.41, 5.74) is 1.15. The van der Waals surface area contributed by atoms with E-state index in [1.807, 2.05) is 48.5 Å². The number of allylic oxidation sites excluding steroid dienone is 1. The van der Waals surface area contributed by atoms with Crippen molar-refractivity contribution in [1.29, 1.82) is 0 Å². The Morgan fingerprint density at radius 1 is 1.00 bits per heavy atom. The Morgan fingerprint density at radius 3 is 2.44 bits per heavy atom. The van der Waals surface area contributed by atoms with Gasteiger partial charge in [-0.25, -0.2) is 0 Å². The molecule has 1 atom stereocenters. The molecule has 0 aliphatic heterocycles. The van der Waals surface area contributed by atoms with Crippen molar-refractivity contribution in [3.8, 4) is 11.5 Å². The minimum atomic E-state index is 0.496. The summed E-state index contributed by atoms with van der Waals surface area (Å²) in [5.74, 6) is 1.72. The third-order valence-corrected chi connectivity index (χ3v) is 2.77. The predicted molar refractivity (Wildman–Crippen MR) is 77.2 cm³/mol. The maximum atomic E-state index is 5.79. The van der Waals surface area contributed by atoms with Gasteiger partial charge in [-0.3, -0.25) is 0 Å². The Kier molecular flexibility index (Phi) is 4.66. The van der Waals surface area contributed by atoms with Gasteiger partial charge in [-0.2, -0.15) is 0 Å². The topological polar surface area (TPSA) is 9.23 Å². The Morgan fingerprint density at radius 2 is 1.72 bits per heavy atom. The van der Waals surface area contributed by atoms with Crippen LogP contribution in [0.1, 0.15) is 12.5 Å². The molecule has 2 aromatic carbocycles. The van der Waals surface area contributed by atoms with E-state index in [1.165, 1.54) is 0 Å². The number of ether oxygens (including phenoxy) is 1. The van der Waals surface area contributed by atoms with Gasteiger partial charge in [0.15, 0.2) is 0 Å². The first kappa shape index (κ1) is 13.0. The first-order valence-electron chi connectivity index (χ1n) is 5.93. The molecule has 0 aliphatic carbocycles. The fourth-order valence-corrected chi connectivity index (χ4v) is 1.74. The number of hydrogen-bond acceptors (Lipinski definition) is 1. The van der Waals surface area contributed by atoms with Gasteiger partial charge in [0.05, 0.1) is 0 Å². The second-order valence-corrected chi connectivity index (χ2v) is 5.80. The fraction of sp³-hybridized carbons (Fsp3) is 0.125. The molecule has 0 bridgehead atoms. The monoisotopic (exact) mass is 298 g/mol. The van der Waals surface area contributed by atoms with Crippen molar-refractivity contribution in [2.45, 2.75) is 11.6 Å². The second-order valence-electron chi connectivity index (χ2n) is 4.09. The molecule has 90 valence electrons. The molecule has 0 aliphatic rings. The van der Waals surface area contributed by atoms with Crippen molar-refractivity contribution in [2.24, 2.45) is 0 Å². The Balaban J connectivity index is 2.13. The zero-order chi connectivity index (χ0) is 12.8. The average molecular weight is 298 g/mol. The molecule has 2 rings (SSSR count). The minimum absolute atomic E-state index is 0.496. The van der Waals surface area contributed by atoms with Gasteiger partial charge >= 0.3 is 117 Å². The SMILES string of the molecule is CC([As])C=Cc1cccc(Oc2ccccc2)c1. The van der Waals surface area contributed by atoms with Crippen molar-refractivity contribution in [3.63, 3.8) is 0 Å². The zero-order valence-corrected chi connectivity index (χ0v) is 12.2. The molecule has 2 heteroatoms. The van der Waals surface area contributed by atoms with Crippen LogP contribution in [-0.4, -0.2) is 16.9 Å². The van der Waals surface area contributed by atoms with Crippen LogP contribution in [0.25, 0.3) is 6.08 Å². The van der Waals surface area contributed by atoms with Crippen molar-refractivity contribution >= 4 is 22.9 Å². The van der Waals surface area contributed by atoms with E-state index in [9.17, 15) is 0 Å². The molecule has 0 spiro atoms. The van der Waals surface area contributed by atoms with Gasteiger partial charge in [0.2, 0.25) is 0 Å². The van der Waals surface area contributed by atoms with Gasteiger partial charge in [0.1, 0.15) is 0 Å². The van der Waals surface area contributed by atoms with E-state index in [2.05, 4.69) is 42.0 Å².